The second-order valence-corrected chi connectivity index (χ2v) is 6.02. The topological polar surface area (TPSA) is 35.5 Å². The predicted octanol–water partition coefficient (Wildman–Crippen LogP) is 2.45. The van der Waals surface area contributed by atoms with Gasteiger partial charge in [-0.3, -0.25) is 0 Å². The van der Waals surface area contributed by atoms with Crippen LogP contribution in [0.2, 0.25) is 0 Å². The van der Waals surface area contributed by atoms with Gasteiger partial charge in [-0.15, -0.1) is 0 Å². The van der Waals surface area contributed by atoms with Gasteiger partial charge in [-0.2, -0.15) is 0 Å². The number of nitrogens with one attached hydrogen (secondary N) is 1. The van der Waals surface area contributed by atoms with Crippen molar-refractivity contribution in [3.63, 3.8) is 0 Å². The zero-order chi connectivity index (χ0) is 13.8. The van der Waals surface area contributed by atoms with Crippen LogP contribution >= 0.6 is 0 Å². The Morgan fingerprint density at radius 2 is 2.00 bits per heavy atom. The molecule has 3 heteroatoms. The summed E-state index contributed by atoms with van der Waals surface area (Å²) in [5, 5.41) is 14.0. The maximum Gasteiger partial charge on any atom is 0.123 e. The van der Waals surface area contributed by atoms with Crippen molar-refractivity contribution < 1.29 is 5.11 Å². The number of phenols is 1. The molecule has 1 unspecified atom stereocenters. The zero-order valence-electron chi connectivity index (χ0n) is 12.4. The van der Waals surface area contributed by atoms with Crippen LogP contribution in [-0.2, 0) is 13.0 Å². The van der Waals surface area contributed by atoms with Crippen molar-refractivity contribution in [3.05, 3.63) is 28.8 Å². The summed E-state index contributed by atoms with van der Waals surface area (Å²) < 4.78 is 0. The third-order valence-corrected chi connectivity index (χ3v) is 3.78. The molecule has 0 aromatic heterocycles. The van der Waals surface area contributed by atoms with E-state index in [0.29, 0.717) is 11.8 Å². The maximum atomic E-state index is 10.4. The molecule has 0 spiro atoms. The standard InChI is InChI=1S/C16H26N2O/c1-12-8-13(10-15-6-4-5-7-17-15)16(19)14(9-12)11-18(2)3/h8-9,15,17,19H,4-7,10-11H2,1-3H3. The third-order valence-electron chi connectivity index (χ3n) is 3.78. The SMILES string of the molecule is Cc1cc(CC2CCCCN2)c(O)c(CN(C)C)c1. The van der Waals surface area contributed by atoms with Crippen molar-refractivity contribution in [1.82, 2.24) is 10.2 Å². The Morgan fingerprint density at radius 3 is 2.63 bits per heavy atom. The minimum atomic E-state index is 0.492. The van der Waals surface area contributed by atoms with Crippen LogP contribution < -0.4 is 5.32 Å². The van der Waals surface area contributed by atoms with Crippen molar-refractivity contribution in [2.45, 2.75) is 45.2 Å². The van der Waals surface area contributed by atoms with Crippen LogP contribution in [0, 0.1) is 6.92 Å². The second kappa shape index (κ2) is 6.40. The molecule has 0 aliphatic carbocycles. The number of hydrogen-bond acceptors (Lipinski definition) is 3. The average molecular weight is 262 g/mol. The van der Waals surface area contributed by atoms with Gasteiger partial charge in [0.1, 0.15) is 5.75 Å². The number of aromatic hydroxyl groups is 1. The van der Waals surface area contributed by atoms with Gasteiger partial charge in [0.2, 0.25) is 0 Å². The molecule has 3 nitrogen and oxygen atoms in total. The Balaban J connectivity index is 2.16. The average Bonchev–Trinajstić information content (AvgIpc) is 2.35. The summed E-state index contributed by atoms with van der Waals surface area (Å²) >= 11 is 0. The number of phenolic OH excluding ortho intramolecular Hbond substituents is 1. The Kier molecular flexibility index (Phi) is 4.83. The highest BCUT2D eigenvalue weighted by Crippen LogP contribution is 2.27. The second-order valence-electron chi connectivity index (χ2n) is 6.02. The fourth-order valence-electron chi connectivity index (χ4n) is 2.91. The van der Waals surface area contributed by atoms with Gasteiger partial charge in [-0.25, -0.2) is 0 Å². The number of piperidine rings is 1. The van der Waals surface area contributed by atoms with Gasteiger partial charge in [-0.1, -0.05) is 24.1 Å². The predicted molar refractivity (Wildman–Crippen MR) is 79.6 cm³/mol. The van der Waals surface area contributed by atoms with E-state index in [9.17, 15) is 5.11 Å². The molecule has 1 saturated heterocycles. The molecular weight excluding hydrogens is 236 g/mol. The van der Waals surface area contributed by atoms with Crippen LogP contribution in [0.4, 0.5) is 0 Å². The van der Waals surface area contributed by atoms with Crippen LogP contribution in [0.3, 0.4) is 0 Å². The molecule has 1 atom stereocenters. The van der Waals surface area contributed by atoms with Crippen molar-refractivity contribution in [3.8, 4) is 5.75 Å². The fourth-order valence-corrected chi connectivity index (χ4v) is 2.91. The first kappa shape index (κ1) is 14.4. The largest absolute Gasteiger partial charge is 0.507 e. The summed E-state index contributed by atoms with van der Waals surface area (Å²) in [5.74, 6) is 0.492. The number of nitrogens with zero attached hydrogens (tertiary/aromatic N) is 1. The Morgan fingerprint density at radius 1 is 1.26 bits per heavy atom. The Labute approximate surface area is 116 Å². The first-order valence-corrected chi connectivity index (χ1v) is 7.25. The quantitative estimate of drug-likeness (QED) is 0.875. The lowest BCUT2D eigenvalue weighted by atomic mass is 9.94. The summed E-state index contributed by atoms with van der Waals surface area (Å²) in [6.45, 7) is 4.01. The molecule has 1 aromatic carbocycles. The Bertz CT molecular complexity index is 423. The van der Waals surface area contributed by atoms with E-state index < -0.39 is 0 Å². The van der Waals surface area contributed by atoms with E-state index in [1.807, 2.05) is 14.1 Å². The van der Waals surface area contributed by atoms with E-state index in [4.69, 9.17) is 0 Å². The number of aryl methyl sites for hydroxylation is 1. The minimum Gasteiger partial charge on any atom is -0.507 e. The lowest BCUT2D eigenvalue weighted by Gasteiger charge is -2.24. The Hall–Kier alpha value is -1.06. The van der Waals surface area contributed by atoms with Crippen molar-refractivity contribution in [2.75, 3.05) is 20.6 Å². The monoisotopic (exact) mass is 262 g/mol. The zero-order valence-corrected chi connectivity index (χ0v) is 12.4. The minimum absolute atomic E-state index is 0.492. The van der Waals surface area contributed by atoms with E-state index in [1.165, 1.54) is 24.8 Å². The lowest BCUT2D eigenvalue weighted by Crippen LogP contribution is -2.35. The molecule has 2 N–H and O–H groups in total. The molecule has 2 rings (SSSR count). The molecule has 1 aromatic rings. The van der Waals surface area contributed by atoms with Gasteiger partial charge in [0.15, 0.2) is 0 Å². The van der Waals surface area contributed by atoms with Gasteiger partial charge in [0, 0.05) is 18.2 Å². The smallest absolute Gasteiger partial charge is 0.123 e. The van der Waals surface area contributed by atoms with Gasteiger partial charge >= 0.3 is 0 Å². The van der Waals surface area contributed by atoms with Crippen molar-refractivity contribution in [1.29, 1.82) is 0 Å². The van der Waals surface area contributed by atoms with E-state index in [0.717, 1.165) is 30.6 Å². The molecule has 0 amide bonds. The molecule has 1 aliphatic rings. The maximum absolute atomic E-state index is 10.4. The summed E-state index contributed by atoms with van der Waals surface area (Å²) in [5.41, 5.74) is 3.37. The highest BCUT2D eigenvalue weighted by atomic mass is 16.3. The van der Waals surface area contributed by atoms with Gasteiger partial charge < -0.3 is 15.3 Å². The summed E-state index contributed by atoms with van der Waals surface area (Å²) in [4.78, 5) is 2.09. The number of rotatable bonds is 4. The number of hydrogen-bond donors (Lipinski definition) is 2. The number of benzene rings is 1. The summed E-state index contributed by atoms with van der Waals surface area (Å²) in [6.07, 6.45) is 4.74. The normalized spacial score (nSPS) is 19.9. The van der Waals surface area contributed by atoms with E-state index in [2.05, 4.69) is 29.3 Å². The first-order valence-electron chi connectivity index (χ1n) is 7.25. The molecule has 1 aliphatic heterocycles. The molecule has 1 fully saturated rings. The summed E-state index contributed by atoms with van der Waals surface area (Å²) in [6, 6.07) is 4.74. The molecule has 1 heterocycles. The molecule has 0 radical (unpaired) electrons. The summed E-state index contributed by atoms with van der Waals surface area (Å²) in [7, 11) is 4.06. The first-order chi connectivity index (χ1) is 9.06. The molecule has 0 bridgehead atoms. The van der Waals surface area contributed by atoms with Crippen LogP contribution in [-0.4, -0.2) is 36.7 Å². The van der Waals surface area contributed by atoms with E-state index in [-0.39, 0.29) is 0 Å². The van der Waals surface area contributed by atoms with Gasteiger partial charge in [0.25, 0.3) is 0 Å². The fraction of sp³-hybridized carbons (Fsp3) is 0.625. The highest BCUT2D eigenvalue weighted by molar-refractivity contribution is 5.44. The molecule has 19 heavy (non-hydrogen) atoms. The van der Waals surface area contributed by atoms with Gasteiger partial charge in [-0.05, 0) is 52.4 Å². The van der Waals surface area contributed by atoms with Crippen molar-refractivity contribution in [2.24, 2.45) is 0 Å². The van der Waals surface area contributed by atoms with Crippen LogP contribution in [0.5, 0.6) is 5.75 Å². The molecule has 106 valence electrons. The van der Waals surface area contributed by atoms with Crippen molar-refractivity contribution >= 4 is 0 Å². The molecular formula is C16H26N2O. The third kappa shape index (κ3) is 3.95. The lowest BCUT2D eigenvalue weighted by molar-refractivity contribution is 0.375. The van der Waals surface area contributed by atoms with Crippen LogP contribution in [0.25, 0.3) is 0 Å². The highest BCUT2D eigenvalue weighted by Gasteiger charge is 2.17. The van der Waals surface area contributed by atoms with Gasteiger partial charge in [0.05, 0.1) is 0 Å². The van der Waals surface area contributed by atoms with Crippen LogP contribution in [0.1, 0.15) is 36.0 Å². The van der Waals surface area contributed by atoms with E-state index >= 15 is 0 Å². The van der Waals surface area contributed by atoms with E-state index in [1.54, 1.807) is 0 Å². The van der Waals surface area contributed by atoms with Crippen LogP contribution in [0.15, 0.2) is 12.1 Å². The molecule has 0 saturated carbocycles.